The number of nitrogens with one attached hydrogen (secondary N) is 1. The van der Waals surface area contributed by atoms with E-state index in [9.17, 15) is 4.79 Å². The van der Waals surface area contributed by atoms with Crippen LogP contribution < -0.4 is 15.0 Å². The summed E-state index contributed by atoms with van der Waals surface area (Å²) in [4.78, 5) is 17.3. The van der Waals surface area contributed by atoms with Gasteiger partial charge in [0.1, 0.15) is 11.6 Å². The third-order valence-corrected chi connectivity index (χ3v) is 2.31. The maximum atomic E-state index is 11.5. The molecule has 1 fully saturated rings. The van der Waals surface area contributed by atoms with Crippen molar-refractivity contribution in [2.45, 2.75) is 6.42 Å². The molecule has 0 unspecified atom stereocenters. The van der Waals surface area contributed by atoms with E-state index >= 15 is 0 Å². The van der Waals surface area contributed by atoms with E-state index in [-0.39, 0.29) is 6.03 Å². The van der Waals surface area contributed by atoms with Gasteiger partial charge in [-0.3, -0.25) is 4.90 Å². The number of nitrogens with zero attached hydrogens (tertiary/aromatic N) is 2. The maximum absolute atomic E-state index is 11.5. The lowest BCUT2D eigenvalue weighted by Crippen LogP contribution is -2.46. The van der Waals surface area contributed by atoms with E-state index in [1.54, 1.807) is 30.3 Å². The molecule has 80 valence electrons. The van der Waals surface area contributed by atoms with Gasteiger partial charge in [-0.2, -0.15) is 0 Å². The number of rotatable bonds is 2. The SMILES string of the molecule is COc1ccnc(N2CCCNC2=O)c1. The molecule has 2 heterocycles. The highest BCUT2D eigenvalue weighted by molar-refractivity contribution is 5.91. The zero-order valence-corrected chi connectivity index (χ0v) is 8.56. The number of pyridine rings is 1. The third-order valence-electron chi connectivity index (χ3n) is 2.31. The lowest BCUT2D eigenvalue weighted by molar-refractivity contribution is 0.242. The molecule has 0 radical (unpaired) electrons. The van der Waals surface area contributed by atoms with Crippen molar-refractivity contribution in [3.05, 3.63) is 18.3 Å². The zero-order valence-electron chi connectivity index (χ0n) is 8.56. The number of amides is 2. The van der Waals surface area contributed by atoms with Crippen molar-refractivity contribution >= 4 is 11.8 Å². The molecule has 0 aliphatic carbocycles. The van der Waals surface area contributed by atoms with Crippen molar-refractivity contribution in [3.8, 4) is 5.75 Å². The highest BCUT2D eigenvalue weighted by atomic mass is 16.5. The molecule has 1 N–H and O–H groups in total. The summed E-state index contributed by atoms with van der Waals surface area (Å²) in [5.74, 6) is 1.34. The van der Waals surface area contributed by atoms with Crippen LogP contribution >= 0.6 is 0 Å². The fourth-order valence-corrected chi connectivity index (χ4v) is 1.52. The number of ether oxygens (including phenoxy) is 1. The summed E-state index contributed by atoms with van der Waals surface area (Å²) in [6.07, 6.45) is 2.57. The molecule has 1 saturated heterocycles. The lowest BCUT2D eigenvalue weighted by Gasteiger charge is -2.26. The van der Waals surface area contributed by atoms with Gasteiger partial charge in [0.25, 0.3) is 0 Å². The minimum Gasteiger partial charge on any atom is -0.497 e. The summed E-state index contributed by atoms with van der Waals surface area (Å²) in [5, 5.41) is 2.77. The van der Waals surface area contributed by atoms with Gasteiger partial charge in [0.15, 0.2) is 0 Å². The average Bonchev–Trinajstić information content (AvgIpc) is 2.30. The van der Waals surface area contributed by atoms with Crippen molar-refractivity contribution in [2.24, 2.45) is 0 Å². The molecular weight excluding hydrogens is 194 g/mol. The van der Waals surface area contributed by atoms with E-state index in [1.807, 2.05) is 0 Å². The Bertz CT molecular complexity index is 367. The molecule has 0 aromatic carbocycles. The second-order valence-electron chi connectivity index (χ2n) is 3.29. The van der Waals surface area contributed by atoms with Gasteiger partial charge in [0, 0.05) is 25.4 Å². The second kappa shape index (κ2) is 4.16. The van der Waals surface area contributed by atoms with Crippen molar-refractivity contribution in [1.29, 1.82) is 0 Å². The molecule has 2 amide bonds. The van der Waals surface area contributed by atoms with E-state index in [0.29, 0.717) is 18.1 Å². The minimum atomic E-state index is -0.0954. The lowest BCUT2D eigenvalue weighted by atomic mass is 10.3. The first-order chi connectivity index (χ1) is 7.31. The molecular formula is C10H13N3O2. The van der Waals surface area contributed by atoms with Gasteiger partial charge in [-0.25, -0.2) is 9.78 Å². The van der Waals surface area contributed by atoms with Crippen LogP contribution in [0.1, 0.15) is 6.42 Å². The van der Waals surface area contributed by atoms with Crippen LogP contribution in [0.2, 0.25) is 0 Å². The second-order valence-corrected chi connectivity index (χ2v) is 3.29. The largest absolute Gasteiger partial charge is 0.497 e. The van der Waals surface area contributed by atoms with E-state index in [4.69, 9.17) is 4.74 Å². The van der Waals surface area contributed by atoms with Gasteiger partial charge in [0.2, 0.25) is 0 Å². The van der Waals surface area contributed by atoms with Crippen LogP contribution in [-0.2, 0) is 0 Å². The maximum Gasteiger partial charge on any atom is 0.323 e. The molecule has 1 aliphatic rings. The van der Waals surface area contributed by atoms with Crippen LogP contribution in [0.15, 0.2) is 18.3 Å². The van der Waals surface area contributed by atoms with Gasteiger partial charge >= 0.3 is 6.03 Å². The number of urea groups is 1. The summed E-state index contributed by atoms with van der Waals surface area (Å²) in [6.45, 7) is 1.44. The molecule has 0 spiro atoms. The first-order valence-electron chi connectivity index (χ1n) is 4.86. The first kappa shape index (κ1) is 9.76. The van der Waals surface area contributed by atoms with Gasteiger partial charge in [0.05, 0.1) is 7.11 Å². The number of aromatic nitrogens is 1. The molecule has 5 heteroatoms. The Labute approximate surface area is 88.1 Å². The molecule has 5 nitrogen and oxygen atoms in total. The van der Waals surface area contributed by atoms with Crippen LogP contribution in [-0.4, -0.2) is 31.2 Å². The van der Waals surface area contributed by atoms with Crippen molar-refractivity contribution < 1.29 is 9.53 Å². The Kier molecular flexibility index (Phi) is 2.71. The Morgan fingerprint density at radius 1 is 1.60 bits per heavy atom. The third kappa shape index (κ3) is 2.01. The standard InChI is InChI=1S/C10H13N3O2/c1-15-8-3-5-11-9(7-8)13-6-2-4-12-10(13)14/h3,5,7H,2,4,6H2,1H3,(H,12,14). The molecule has 2 rings (SSSR count). The fraction of sp³-hybridized carbons (Fsp3) is 0.400. The minimum absolute atomic E-state index is 0.0954. The molecule has 1 aromatic heterocycles. The van der Waals surface area contributed by atoms with E-state index in [2.05, 4.69) is 10.3 Å². The Hall–Kier alpha value is -1.78. The van der Waals surface area contributed by atoms with Crippen LogP contribution in [0.5, 0.6) is 5.75 Å². The smallest absolute Gasteiger partial charge is 0.323 e. The molecule has 0 atom stereocenters. The molecule has 15 heavy (non-hydrogen) atoms. The van der Waals surface area contributed by atoms with Crippen molar-refractivity contribution in [2.75, 3.05) is 25.1 Å². The summed E-state index contributed by atoms with van der Waals surface area (Å²) in [7, 11) is 1.59. The molecule has 0 saturated carbocycles. The zero-order chi connectivity index (χ0) is 10.7. The highest BCUT2D eigenvalue weighted by Gasteiger charge is 2.20. The number of carbonyl (C=O) groups is 1. The summed E-state index contributed by atoms with van der Waals surface area (Å²) >= 11 is 0. The van der Waals surface area contributed by atoms with E-state index in [0.717, 1.165) is 13.0 Å². The average molecular weight is 207 g/mol. The Morgan fingerprint density at radius 2 is 2.47 bits per heavy atom. The Morgan fingerprint density at radius 3 is 3.20 bits per heavy atom. The summed E-state index contributed by atoms with van der Waals surface area (Å²) < 4.78 is 5.08. The van der Waals surface area contributed by atoms with E-state index in [1.165, 1.54) is 0 Å². The van der Waals surface area contributed by atoms with Gasteiger partial charge in [-0.05, 0) is 12.5 Å². The van der Waals surface area contributed by atoms with Crippen LogP contribution in [0, 0.1) is 0 Å². The normalized spacial score (nSPS) is 16.1. The molecule has 0 bridgehead atoms. The summed E-state index contributed by atoms with van der Waals surface area (Å²) in [6, 6.07) is 3.41. The van der Waals surface area contributed by atoms with Crippen molar-refractivity contribution in [1.82, 2.24) is 10.3 Å². The van der Waals surface area contributed by atoms with Crippen LogP contribution in [0.3, 0.4) is 0 Å². The number of hydrogen-bond donors (Lipinski definition) is 1. The predicted molar refractivity (Wildman–Crippen MR) is 56.2 cm³/mol. The topological polar surface area (TPSA) is 54.5 Å². The molecule has 1 aliphatic heterocycles. The number of methoxy groups -OCH3 is 1. The van der Waals surface area contributed by atoms with Gasteiger partial charge in [-0.1, -0.05) is 0 Å². The fourth-order valence-electron chi connectivity index (χ4n) is 1.52. The number of anilines is 1. The predicted octanol–water partition coefficient (Wildman–Crippen LogP) is 1.01. The number of hydrogen-bond acceptors (Lipinski definition) is 3. The summed E-state index contributed by atoms with van der Waals surface area (Å²) in [5.41, 5.74) is 0. The highest BCUT2D eigenvalue weighted by Crippen LogP contribution is 2.19. The van der Waals surface area contributed by atoms with Gasteiger partial charge in [-0.15, -0.1) is 0 Å². The monoisotopic (exact) mass is 207 g/mol. The van der Waals surface area contributed by atoms with Crippen LogP contribution in [0.25, 0.3) is 0 Å². The number of carbonyl (C=O) groups excluding carboxylic acids is 1. The van der Waals surface area contributed by atoms with Crippen molar-refractivity contribution in [3.63, 3.8) is 0 Å². The molecule has 1 aromatic rings. The van der Waals surface area contributed by atoms with Crippen LogP contribution in [0.4, 0.5) is 10.6 Å². The van der Waals surface area contributed by atoms with Gasteiger partial charge < -0.3 is 10.1 Å². The quantitative estimate of drug-likeness (QED) is 0.787. The van der Waals surface area contributed by atoms with E-state index < -0.39 is 0 Å². The first-order valence-corrected chi connectivity index (χ1v) is 4.86. The Balaban J connectivity index is 2.23.